The molecule has 0 amide bonds. The molecule has 5 N–H and O–H groups in total. The predicted molar refractivity (Wildman–Crippen MR) is 143 cm³/mol. The van der Waals surface area contributed by atoms with Crippen molar-refractivity contribution in [1.82, 2.24) is 10.1 Å². The number of benzene rings is 1. The summed E-state index contributed by atoms with van der Waals surface area (Å²) < 4.78 is 36.4. The summed E-state index contributed by atoms with van der Waals surface area (Å²) in [6.07, 6.45) is -1.43. The highest BCUT2D eigenvalue weighted by Crippen LogP contribution is 2.48. The van der Waals surface area contributed by atoms with E-state index < -0.39 is 56.3 Å². The number of hydrogen-bond acceptors (Lipinski definition) is 13. The number of nitrogens with zero attached hydrogens (tertiary/aromatic N) is 4. The molecule has 216 valence electrons. The van der Waals surface area contributed by atoms with Gasteiger partial charge in [-0.15, -0.1) is 0 Å². The smallest absolute Gasteiger partial charge is 0.459 e. The normalized spacial score (nSPS) is 29.7. The zero-order chi connectivity index (χ0) is 29.1. The minimum Gasteiger partial charge on any atom is -0.465 e. The van der Waals surface area contributed by atoms with Crippen molar-refractivity contribution in [3.63, 3.8) is 0 Å². The number of nitriles is 1. The van der Waals surface area contributed by atoms with E-state index in [-0.39, 0.29) is 30.5 Å². The molecule has 0 radical (unpaired) electrons. The Kier molecular flexibility index (Phi) is 8.94. The third-order valence-electron chi connectivity index (χ3n) is 6.75. The van der Waals surface area contributed by atoms with E-state index in [0.29, 0.717) is 5.70 Å². The van der Waals surface area contributed by atoms with Crippen LogP contribution in [0.5, 0.6) is 5.75 Å². The number of ether oxygens (including phenoxy) is 2. The van der Waals surface area contributed by atoms with Gasteiger partial charge in [0, 0.05) is 0 Å². The summed E-state index contributed by atoms with van der Waals surface area (Å²) in [6, 6.07) is 8.27. The second kappa shape index (κ2) is 12.1. The molecule has 1 fully saturated rings. The third-order valence-corrected chi connectivity index (χ3v) is 8.29. The average molecular weight is 577 g/mol. The largest absolute Gasteiger partial charge is 0.465 e. The maximum absolute atomic E-state index is 14.0. The van der Waals surface area contributed by atoms with Gasteiger partial charge in [-0.2, -0.15) is 15.5 Å². The first-order valence-corrected chi connectivity index (χ1v) is 14.3. The average Bonchev–Trinajstić information content (AvgIpc) is 3.47. The van der Waals surface area contributed by atoms with Gasteiger partial charge in [0.05, 0.1) is 18.9 Å². The number of esters is 1. The SMILES string of the molecule is CCOC(=O)[C@@H](NP(=O)(OC[C@H]1O[C@@](C#N)(C2CC=C3C(N)=NC=NN32)[C@H](O)[C@@H]1O)Oc1ccccc1)C(C)C. The first-order chi connectivity index (χ1) is 19.0. The Morgan fingerprint density at radius 1 is 1.38 bits per heavy atom. The lowest BCUT2D eigenvalue weighted by molar-refractivity contribution is -0.146. The van der Waals surface area contributed by atoms with Crippen LogP contribution in [0.2, 0.25) is 0 Å². The van der Waals surface area contributed by atoms with Crippen molar-refractivity contribution in [2.24, 2.45) is 21.7 Å². The fraction of sp³-hybridized carbons (Fsp3) is 0.520. The third kappa shape index (κ3) is 5.76. The molecule has 14 nitrogen and oxygen atoms in total. The molecule has 1 aromatic rings. The van der Waals surface area contributed by atoms with Crippen LogP contribution in [0.25, 0.3) is 0 Å². The zero-order valence-corrected chi connectivity index (χ0v) is 23.2. The molecule has 0 aliphatic carbocycles. The molecule has 15 heteroatoms. The van der Waals surface area contributed by atoms with E-state index in [4.69, 9.17) is 24.3 Å². The molecule has 40 heavy (non-hydrogen) atoms. The van der Waals surface area contributed by atoms with Gasteiger partial charge in [-0.3, -0.25) is 14.3 Å². The van der Waals surface area contributed by atoms with E-state index in [9.17, 15) is 24.8 Å². The summed E-state index contributed by atoms with van der Waals surface area (Å²) in [6.45, 7) is 4.66. The van der Waals surface area contributed by atoms with E-state index in [1.807, 2.05) is 6.07 Å². The number of rotatable bonds is 11. The molecular formula is C25H33N6O8P. The number of aliphatic hydroxyl groups is 2. The number of hydrogen-bond donors (Lipinski definition) is 4. The molecule has 0 saturated carbocycles. The summed E-state index contributed by atoms with van der Waals surface area (Å²) in [5.41, 5.74) is 4.44. The number of aliphatic hydroxyl groups excluding tert-OH is 2. The van der Waals surface area contributed by atoms with Crippen LogP contribution in [0.3, 0.4) is 0 Å². The highest BCUT2D eigenvalue weighted by Gasteiger charge is 2.62. The molecule has 3 aliphatic heterocycles. The molecule has 1 aromatic carbocycles. The summed E-state index contributed by atoms with van der Waals surface area (Å²) in [5.74, 6) is -0.633. The maximum atomic E-state index is 14.0. The van der Waals surface area contributed by atoms with Gasteiger partial charge in [-0.05, 0) is 31.4 Å². The molecular weight excluding hydrogens is 543 g/mol. The first kappa shape index (κ1) is 29.7. The number of para-hydroxylation sites is 1. The molecule has 3 heterocycles. The van der Waals surface area contributed by atoms with E-state index in [0.717, 1.165) is 0 Å². The quantitative estimate of drug-likeness (QED) is 0.216. The van der Waals surface area contributed by atoms with Gasteiger partial charge in [0.1, 0.15) is 48.6 Å². The topological polar surface area (TPSA) is 201 Å². The van der Waals surface area contributed by atoms with Crippen molar-refractivity contribution in [3.05, 3.63) is 42.1 Å². The van der Waals surface area contributed by atoms with Crippen molar-refractivity contribution in [2.45, 2.75) is 63.2 Å². The number of amidine groups is 1. The summed E-state index contributed by atoms with van der Waals surface area (Å²) in [4.78, 5) is 16.5. The van der Waals surface area contributed by atoms with E-state index in [1.165, 1.54) is 11.3 Å². The standard InChI is InChI=1S/C25H33N6O8P/c1-4-36-24(34)20(15(2)3)30-40(35,39-16-8-6-5-7-9-16)37-12-18-21(32)22(33)25(13-26,38-18)19-11-10-17-23(27)28-14-29-31(17)19/h5-10,14-15,18-22,32-33H,4,11-12H2,1-3H3,(H,30,35)(H2,27,28,29)/t18-,19?,20+,21-,22-,25+,40?/m1/s1. The summed E-state index contributed by atoms with van der Waals surface area (Å²) >= 11 is 0. The Labute approximate surface area is 231 Å². The second-order valence-electron chi connectivity index (χ2n) is 9.73. The van der Waals surface area contributed by atoms with Crippen LogP contribution in [0.15, 0.2) is 52.2 Å². The fourth-order valence-corrected chi connectivity index (χ4v) is 6.36. The van der Waals surface area contributed by atoms with Crippen molar-refractivity contribution in [3.8, 4) is 11.8 Å². The molecule has 0 bridgehead atoms. The first-order valence-electron chi connectivity index (χ1n) is 12.8. The van der Waals surface area contributed by atoms with Crippen molar-refractivity contribution in [1.29, 1.82) is 5.26 Å². The van der Waals surface area contributed by atoms with Gasteiger partial charge in [-0.1, -0.05) is 38.1 Å². The number of nitrogens with two attached hydrogens (primary N) is 1. The Hall–Kier alpha value is -3.31. The second-order valence-corrected chi connectivity index (χ2v) is 11.4. The molecule has 3 aliphatic rings. The Morgan fingerprint density at radius 3 is 2.75 bits per heavy atom. The number of carbonyl (C=O) groups is 1. The highest BCUT2D eigenvalue weighted by molar-refractivity contribution is 7.52. The number of hydrazone groups is 1. The van der Waals surface area contributed by atoms with Gasteiger partial charge in [0.25, 0.3) is 0 Å². The van der Waals surface area contributed by atoms with E-state index >= 15 is 0 Å². The number of carbonyl (C=O) groups excluding carboxylic acids is 1. The minimum atomic E-state index is -4.32. The summed E-state index contributed by atoms with van der Waals surface area (Å²) in [7, 11) is -4.32. The van der Waals surface area contributed by atoms with Crippen LogP contribution in [0.1, 0.15) is 27.2 Å². The maximum Gasteiger partial charge on any atom is 0.459 e. The van der Waals surface area contributed by atoms with Crippen molar-refractivity contribution >= 4 is 25.9 Å². The highest BCUT2D eigenvalue weighted by atomic mass is 31.2. The van der Waals surface area contributed by atoms with E-state index in [1.54, 1.807) is 57.2 Å². The van der Waals surface area contributed by atoms with Gasteiger partial charge in [0.2, 0.25) is 5.60 Å². The van der Waals surface area contributed by atoms with Gasteiger partial charge in [0.15, 0.2) is 5.84 Å². The Morgan fingerprint density at radius 2 is 2.10 bits per heavy atom. The van der Waals surface area contributed by atoms with Crippen molar-refractivity contribution in [2.75, 3.05) is 13.2 Å². The molecule has 2 unspecified atom stereocenters. The lowest BCUT2D eigenvalue weighted by atomic mass is 9.87. The molecule has 7 atom stereocenters. The molecule has 4 rings (SSSR count). The van der Waals surface area contributed by atoms with Crippen LogP contribution in [-0.2, 0) is 23.4 Å². The van der Waals surface area contributed by atoms with Gasteiger partial charge >= 0.3 is 13.7 Å². The zero-order valence-electron chi connectivity index (χ0n) is 22.3. The monoisotopic (exact) mass is 576 g/mol. The minimum absolute atomic E-state index is 0.112. The summed E-state index contributed by atoms with van der Waals surface area (Å²) in [5, 5.41) is 40.3. The van der Waals surface area contributed by atoms with Crippen molar-refractivity contribution < 1.29 is 38.1 Å². The van der Waals surface area contributed by atoms with E-state index in [2.05, 4.69) is 15.2 Å². The predicted octanol–water partition coefficient (Wildman–Crippen LogP) is 1.02. The lowest BCUT2D eigenvalue weighted by Gasteiger charge is -2.36. The van der Waals surface area contributed by atoms with Crippen LogP contribution < -0.4 is 15.3 Å². The fourth-order valence-electron chi connectivity index (χ4n) is 4.70. The number of fused-ring (bicyclic) bond motifs is 1. The number of nitrogens with one attached hydrogen (secondary N) is 1. The lowest BCUT2D eigenvalue weighted by Crippen LogP contribution is -2.56. The Bertz CT molecular complexity index is 1270. The van der Waals surface area contributed by atoms with Gasteiger partial charge < -0.3 is 29.9 Å². The molecule has 1 saturated heterocycles. The van der Waals surface area contributed by atoms with Crippen LogP contribution in [0, 0.1) is 17.2 Å². The van der Waals surface area contributed by atoms with Crippen LogP contribution in [-0.4, -0.2) is 82.6 Å². The van der Waals surface area contributed by atoms with Crippen LogP contribution >= 0.6 is 7.75 Å². The molecule has 0 aromatic heterocycles. The van der Waals surface area contributed by atoms with Gasteiger partial charge in [-0.25, -0.2) is 9.56 Å². The Balaban J connectivity index is 1.55. The van der Waals surface area contributed by atoms with Crippen LogP contribution in [0.4, 0.5) is 0 Å². The molecule has 0 spiro atoms. The number of aliphatic imine (C=N–C) groups is 1.